The Bertz CT molecular complexity index is 685. The van der Waals surface area contributed by atoms with E-state index in [9.17, 15) is 4.79 Å². The van der Waals surface area contributed by atoms with Gasteiger partial charge in [0.2, 0.25) is 5.88 Å². The summed E-state index contributed by atoms with van der Waals surface area (Å²) in [7, 11) is 1.56. The van der Waals surface area contributed by atoms with Gasteiger partial charge in [-0.05, 0) is 25.5 Å². The summed E-state index contributed by atoms with van der Waals surface area (Å²) in [6, 6.07) is 9.71. The first-order valence-corrected chi connectivity index (χ1v) is 7.38. The zero-order valence-corrected chi connectivity index (χ0v) is 12.7. The molecule has 5 nitrogen and oxygen atoms in total. The molecule has 0 N–H and O–H groups in total. The van der Waals surface area contributed by atoms with E-state index in [1.54, 1.807) is 7.11 Å². The molecule has 3 rings (SSSR count). The van der Waals surface area contributed by atoms with Crippen molar-refractivity contribution in [3.8, 4) is 5.88 Å². The lowest BCUT2D eigenvalue weighted by Gasteiger charge is -2.12. The smallest absolute Gasteiger partial charge is 0.311 e. The first kappa shape index (κ1) is 14.8. The number of esters is 1. The zero-order chi connectivity index (χ0) is 15.5. The summed E-state index contributed by atoms with van der Waals surface area (Å²) in [6.45, 7) is 2.56. The Morgan fingerprint density at radius 2 is 2.23 bits per heavy atom. The minimum atomic E-state index is -0.223. The molecule has 5 heteroatoms. The van der Waals surface area contributed by atoms with Gasteiger partial charge in [0.1, 0.15) is 6.61 Å². The van der Waals surface area contributed by atoms with Crippen LogP contribution < -0.4 is 4.74 Å². The molecule has 0 radical (unpaired) electrons. The van der Waals surface area contributed by atoms with Crippen LogP contribution in [0.3, 0.4) is 0 Å². The second kappa shape index (κ2) is 6.32. The van der Waals surface area contributed by atoms with Gasteiger partial charge in [-0.1, -0.05) is 18.2 Å². The van der Waals surface area contributed by atoms with Crippen LogP contribution in [0, 0.1) is 5.92 Å². The molecule has 1 aliphatic rings. The Balaban J connectivity index is 1.74. The summed E-state index contributed by atoms with van der Waals surface area (Å²) >= 11 is 0. The Labute approximate surface area is 129 Å². The zero-order valence-electron chi connectivity index (χ0n) is 12.7. The summed E-state index contributed by atoms with van der Waals surface area (Å²) in [5.41, 5.74) is 1.62. The van der Waals surface area contributed by atoms with E-state index in [2.05, 4.69) is 4.98 Å². The highest BCUT2D eigenvalue weighted by Gasteiger charge is 2.29. The van der Waals surface area contributed by atoms with Crippen LogP contribution in [0.4, 0.5) is 0 Å². The van der Waals surface area contributed by atoms with Crippen LogP contribution in [-0.2, 0) is 20.9 Å². The van der Waals surface area contributed by atoms with Crippen molar-refractivity contribution in [3.63, 3.8) is 0 Å². The first-order valence-electron chi connectivity index (χ1n) is 7.38. The summed E-state index contributed by atoms with van der Waals surface area (Å²) in [5, 5.41) is 0.993. The van der Waals surface area contributed by atoms with Gasteiger partial charge in [-0.3, -0.25) is 4.79 Å². The van der Waals surface area contributed by atoms with Crippen molar-refractivity contribution in [2.24, 2.45) is 5.92 Å². The van der Waals surface area contributed by atoms with E-state index in [1.165, 1.54) is 0 Å². The standard InChI is InChI=1S/C17H19NO4/c1-11-7-14(10-21-11)17(19)22-9-13-8-12-5-3-4-6-15(12)18-16(13)20-2/h3-6,8,11,14H,7,9-10H2,1-2H3. The molecule has 2 aromatic rings. The van der Waals surface area contributed by atoms with E-state index < -0.39 is 0 Å². The third-order valence-corrected chi connectivity index (χ3v) is 3.86. The number of hydrogen-bond acceptors (Lipinski definition) is 5. The molecule has 2 atom stereocenters. The monoisotopic (exact) mass is 301 g/mol. The number of rotatable bonds is 4. The number of nitrogens with zero attached hydrogens (tertiary/aromatic N) is 1. The lowest BCUT2D eigenvalue weighted by molar-refractivity contribution is -0.149. The number of ether oxygens (including phenoxy) is 3. The first-order chi connectivity index (χ1) is 10.7. The molecule has 1 fully saturated rings. The molecule has 0 bridgehead atoms. The minimum Gasteiger partial charge on any atom is -0.481 e. The van der Waals surface area contributed by atoms with Gasteiger partial charge in [0.15, 0.2) is 0 Å². The second-order valence-corrected chi connectivity index (χ2v) is 5.53. The van der Waals surface area contributed by atoms with E-state index in [1.807, 2.05) is 37.3 Å². The van der Waals surface area contributed by atoms with Crippen LogP contribution in [0.2, 0.25) is 0 Å². The summed E-state index contributed by atoms with van der Waals surface area (Å²) in [6.07, 6.45) is 0.834. The van der Waals surface area contributed by atoms with E-state index >= 15 is 0 Å². The van der Waals surface area contributed by atoms with Crippen molar-refractivity contribution in [2.75, 3.05) is 13.7 Å². The predicted molar refractivity (Wildman–Crippen MR) is 81.6 cm³/mol. The summed E-state index contributed by atoms with van der Waals surface area (Å²) in [4.78, 5) is 16.5. The van der Waals surface area contributed by atoms with Crippen LogP contribution in [0.25, 0.3) is 10.9 Å². The lowest BCUT2D eigenvalue weighted by Crippen LogP contribution is -2.18. The molecular formula is C17H19NO4. The van der Waals surface area contributed by atoms with Gasteiger partial charge in [-0.25, -0.2) is 4.98 Å². The molecule has 116 valence electrons. The fourth-order valence-electron chi connectivity index (χ4n) is 2.67. The molecule has 0 saturated carbocycles. The van der Waals surface area contributed by atoms with Gasteiger partial charge >= 0.3 is 5.97 Å². The van der Waals surface area contributed by atoms with Crippen molar-refractivity contribution in [1.29, 1.82) is 0 Å². The van der Waals surface area contributed by atoms with Gasteiger partial charge in [0.05, 0.1) is 36.8 Å². The second-order valence-electron chi connectivity index (χ2n) is 5.53. The minimum absolute atomic E-state index is 0.120. The van der Waals surface area contributed by atoms with Gasteiger partial charge in [0, 0.05) is 5.39 Å². The highest BCUT2D eigenvalue weighted by Crippen LogP contribution is 2.24. The predicted octanol–water partition coefficient (Wildman–Crippen LogP) is 2.71. The van der Waals surface area contributed by atoms with Crippen LogP contribution in [0.5, 0.6) is 5.88 Å². The highest BCUT2D eigenvalue weighted by molar-refractivity contribution is 5.80. The molecule has 1 aliphatic heterocycles. The normalized spacial score (nSPS) is 21.0. The van der Waals surface area contributed by atoms with E-state index in [4.69, 9.17) is 14.2 Å². The molecule has 2 heterocycles. The fraction of sp³-hybridized carbons (Fsp3) is 0.412. The van der Waals surface area contributed by atoms with E-state index in [0.717, 1.165) is 16.5 Å². The van der Waals surface area contributed by atoms with E-state index in [-0.39, 0.29) is 24.6 Å². The molecule has 22 heavy (non-hydrogen) atoms. The van der Waals surface area contributed by atoms with Crippen LogP contribution in [-0.4, -0.2) is 30.8 Å². The van der Waals surface area contributed by atoms with Crippen LogP contribution >= 0.6 is 0 Å². The molecule has 1 saturated heterocycles. The number of carbonyl (C=O) groups is 1. The molecule has 2 unspecified atom stereocenters. The number of fused-ring (bicyclic) bond motifs is 1. The Kier molecular flexibility index (Phi) is 4.24. The summed E-state index contributed by atoms with van der Waals surface area (Å²) < 4.78 is 16.1. The average molecular weight is 301 g/mol. The van der Waals surface area contributed by atoms with Crippen molar-refractivity contribution in [3.05, 3.63) is 35.9 Å². The SMILES string of the molecule is COc1nc2ccccc2cc1COC(=O)C1COC(C)C1. The molecule has 0 amide bonds. The Morgan fingerprint density at radius 1 is 1.41 bits per heavy atom. The molecule has 1 aromatic heterocycles. The molecule has 0 aliphatic carbocycles. The number of benzene rings is 1. The fourth-order valence-corrected chi connectivity index (χ4v) is 2.67. The molecule has 0 spiro atoms. The largest absolute Gasteiger partial charge is 0.481 e. The van der Waals surface area contributed by atoms with Gasteiger partial charge < -0.3 is 14.2 Å². The van der Waals surface area contributed by atoms with Crippen molar-refractivity contribution in [2.45, 2.75) is 26.1 Å². The quantitative estimate of drug-likeness (QED) is 0.813. The third kappa shape index (κ3) is 3.04. The number of hydrogen-bond donors (Lipinski definition) is 0. The maximum atomic E-state index is 12.1. The number of methoxy groups -OCH3 is 1. The Morgan fingerprint density at radius 3 is 2.95 bits per heavy atom. The maximum Gasteiger partial charge on any atom is 0.311 e. The van der Waals surface area contributed by atoms with Crippen molar-refractivity contribution in [1.82, 2.24) is 4.98 Å². The third-order valence-electron chi connectivity index (χ3n) is 3.86. The Hall–Kier alpha value is -2.14. The van der Waals surface area contributed by atoms with Crippen LogP contribution in [0.1, 0.15) is 18.9 Å². The summed E-state index contributed by atoms with van der Waals surface area (Å²) in [5.74, 6) is 0.0940. The number of para-hydroxylation sites is 1. The van der Waals surface area contributed by atoms with Crippen molar-refractivity contribution < 1.29 is 19.0 Å². The molecular weight excluding hydrogens is 282 g/mol. The van der Waals surface area contributed by atoms with Crippen molar-refractivity contribution >= 4 is 16.9 Å². The van der Waals surface area contributed by atoms with Crippen LogP contribution in [0.15, 0.2) is 30.3 Å². The lowest BCUT2D eigenvalue weighted by atomic mass is 10.1. The van der Waals surface area contributed by atoms with Gasteiger partial charge in [-0.2, -0.15) is 0 Å². The maximum absolute atomic E-state index is 12.1. The van der Waals surface area contributed by atoms with Gasteiger partial charge in [-0.15, -0.1) is 0 Å². The number of pyridine rings is 1. The number of carbonyl (C=O) groups excluding carboxylic acids is 1. The molecule has 1 aromatic carbocycles. The topological polar surface area (TPSA) is 57.7 Å². The average Bonchev–Trinajstić information content (AvgIpc) is 2.98. The number of aromatic nitrogens is 1. The van der Waals surface area contributed by atoms with E-state index in [0.29, 0.717) is 18.9 Å². The highest BCUT2D eigenvalue weighted by atomic mass is 16.5. The van der Waals surface area contributed by atoms with Gasteiger partial charge in [0.25, 0.3) is 0 Å².